The molecule has 1 saturated carbocycles. The molecule has 0 radical (unpaired) electrons. The molecule has 57 heavy (non-hydrogen) atoms. The molecule has 1 amide bonds. The first-order valence-electron chi connectivity index (χ1n) is 20.4. The van der Waals surface area contributed by atoms with Gasteiger partial charge in [-0.2, -0.15) is 0 Å². The highest BCUT2D eigenvalue weighted by Gasteiger charge is 2.65. The first kappa shape index (κ1) is 41.0. The number of likely N-dealkylation sites (N-methyl/N-ethyl adjacent to an activating group) is 1. The summed E-state index contributed by atoms with van der Waals surface area (Å²) in [5, 5.41) is 0. The van der Waals surface area contributed by atoms with Gasteiger partial charge in [-0.25, -0.2) is 17.9 Å². The number of Topliss-reactive ketones (excluding diaryl/α,β-unsaturated/α-hetero) is 2. The minimum Gasteiger partial charge on any atom is -0.487 e. The van der Waals surface area contributed by atoms with Crippen LogP contribution in [-0.4, -0.2) is 98.9 Å². The van der Waals surface area contributed by atoms with Crippen LogP contribution in [0, 0.1) is 26.7 Å². The molecular formula is C42H58N6O8S. The van der Waals surface area contributed by atoms with E-state index in [1.165, 1.54) is 5.56 Å². The van der Waals surface area contributed by atoms with Crippen LogP contribution in [0.4, 0.5) is 4.79 Å². The molecule has 5 atom stereocenters. The minimum absolute atomic E-state index is 0.125. The van der Waals surface area contributed by atoms with Crippen LogP contribution < -0.4 is 30.4 Å². The van der Waals surface area contributed by atoms with Gasteiger partial charge in [-0.1, -0.05) is 6.07 Å². The summed E-state index contributed by atoms with van der Waals surface area (Å²) >= 11 is 0. The number of sulfonamides is 1. The Morgan fingerprint density at radius 3 is 2.63 bits per heavy atom. The van der Waals surface area contributed by atoms with Crippen molar-refractivity contribution in [2.75, 3.05) is 33.2 Å². The van der Waals surface area contributed by atoms with Gasteiger partial charge in [-0.3, -0.25) is 14.6 Å². The number of ketones is 2. The highest BCUT2D eigenvalue weighted by atomic mass is 32.2. The number of rotatable bonds is 13. The van der Waals surface area contributed by atoms with Gasteiger partial charge in [-0.05, 0) is 128 Å². The highest BCUT2D eigenvalue weighted by Crippen LogP contribution is 2.63. The summed E-state index contributed by atoms with van der Waals surface area (Å²) in [6.45, 7) is 12.9. The van der Waals surface area contributed by atoms with E-state index in [1.54, 1.807) is 24.8 Å². The van der Waals surface area contributed by atoms with Crippen LogP contribution in [0.25, 0.3) is 0 Å². The van der Waals surface area contributed by atoms with Crippen LogP contribution in [-0.2, 0) is 37.9 Å². The maximum absolute atomic E-state index is 13.5. The van der Waals surface area contributed by atoms with Crippen LogP contribution >= 0.6 is 0 Å². The quantitative estimate of drug-likeness (QED) is 0.150. The summed E-state index contributed by atoms with van der Waals surface area (Å²) in [7, 11) is -1.86. The fourth-order valence-corrected chi connectivity index (χ4v) is 11.8. The van der Waals surface area contributed by atoms with Crippen molar-refractivity contribution < 1.29 is 37.0 Å². The first-order chi connectivity index (χ1) is 26.9. The molecule has 15 heteroatoms. The van der Waals surface area contributed by atoms with Crippen molar-refractivity contribution in [2.45, 2.75) is 133 Å². The largest absolute Gasteiger partial charge is 0.487 e. The van der Waals surface area contributed by atoms with Gasteiger partial charge in [0.2, 0.25) is 5.96 Å². The average Bonchev–Trinajstić information content (AvgIpc) is 3.68. The van der Waals surface area contributed by atoms with E-state index in [0.29, 0.717) is 79.8 Å². The third-order valence-corrected chi connectivity index (χ3v) is 14.9. The summed E-state index contributed by atoms with van der Waals surface area (Å²) in [4.78, 5) is 48.0. The van der Waals surface area contributed by atoms with Gasteiger partial charge in [-0.15, -0.1) is 0 Å². The number of hydrogen-bond acceptors (Lipinski definition) is 11. The van der Waals surface area contributed by atoms with E-state index in [0.717, 1.165) is 48.2 Å². The number of guanidine groups is 1. The predicted molar refractivity (Wildman–Crippen MR) is 216 cm³/mol. The van der Waals surface area contributed by atoms with Crippen molar-refractivity contribution in [2.24, 2.45) is 22.4 Å². The van der Waals surface area contributed by atoms with Crippen molar-refractivity contribution in [3.05, 3.63) is 45.5 Å². The molecule has 310 valence electrons. The fraction of sp³-hybridized carbons (Fsp3) is 0.619. The normalized spacial score (nSPS) is 24.9. The second kappa shape index (κ2) is 15.2. The van der Waals surface area contributed by atoms with Crippen molar-refractivity contribution >= 4 is 33.6 Å². The van der Waals surface area contributed by atoms with Gasteiger partial charge in [0, 0.05) is 61.5 Å². The van der Waals surface area contributed by atoms with Gasteiger partial charge in [0.1, 0.15) is 17.1 Å². The van der Waals surface area contributed by atoms with Gasteiger partial charge < -0.3 is 35.5 Å². The molecule has 1 saturated heterocycles. The minimum atomic E-state index is -4.03. The zero-order valence-electron chi connectivity index (χ0n) is 34.3. The lowest BCUT2D eigenvalue weighted by Crippen LogP contribution is -2.65. The van der Waals surface area contributed by atoms with Crippen LogP contribution in [0.1, 0.15) is 99.1 Å². The van der Waals surface area contributed by atoms with E-state index in [1.807, 2.05) is 33.8 Å². The molecule has 1 spiro atoms. The number of carbonyl (C=O) groups excluding carboxylic acids is 3. The monoisotopic (exact) mass is 806 g/mol. The third-order valence-electron chi connectivity index (χ3n) is 13.2. The highest BCUT2D eigenvalue weighted by molar-refractivity contribution is 7.90. The molecule has 5 N–H and O–H groups in total. The van der Waals surface area contributed by atoms with E-state index >= 15 is 0 Å². The van der Waals surface area contributed by atoms with Crippen molar-refractivity contribution in [1.82, 2.24) is 14.5 Å². The Hall–Kier alpha value is -4.21. The molecule has 5 aliphatic rings. The van der Waals surface area contributed by atoms with Crippen LogP contribution in [0.5, 0.6) is 17.2 Å². The maximum Gasteiger partial charge on any atom is 0.415 e. The summed E-state index contributed by atoms with van der Waals surface area (Å²) in [6.07, 6.45) is 3.92. The predicted octanol–water partition coefficient (Wildman–Crippen LogP) is 4.13. The molecule has 14 nitrogen and oxygen atoms in total. The lowest BCUT2D eigenvalue weighted by Gasteiger charge is -2.57. The van der Waals surface area contributed by atoms with Gasteiger partial charge >= 0.3 is 6.09 Å². The van der Waals surface area contributed by atoms with E-state index in [9.17, 15) is 22.8 Å². The zero-order valence-corrected chi connectivity index (χ0v) is 35.1. The Bertz CT molecular complexity index is 2140. The molecule has 2 aromatic rings. The molecule has 2 aromatic carbocycles. The Morgan fingerprint density at radius 1 is 1.14 bits per heavy atom. The number of fused-ring (bicyclic) bond motifs is 1. The molecule has 3 aliphatic heterocycles. The maximum atomic E-state index is 13.5. The Labute approximate surface area is 336 Å². The number of nitrogens with zero attached hydrogens (tertiary/aromatic N) is 3. The number of piperidine rings is 1. The summed E-state index contributed by atoms with van der Waals surface area (Å²) in [5.41, 5.74) is 16.6. The van der Waals surface area contributed by atoms with Crippen LogP contribution in [0.2, 0.25) is 0 Å². The number of ether oxygens (including phenoxy) is 3. The SMILES string of the molecule is CCN(CCCC(=O)[C@@H](N)CCCN=C(N)NS(=O)(=O)c1c(C)c(C)c2c(c1C)CC(C)(C)O2)C(=O)Oc1ccc2c3c1O[C@H]1C(=O)CCC4[C@@H](C2)N(C)CC[C@@]341. The fourth-order valence-electron chi connectivity index (χ4n) is 10.3. The number of hydrogen-bond donors (Lipinski definition) is 3. The van der Waals surface area contributed by atoms with Crippen molar-refractivity contribution in [3.63, 3.8) is 0 Å². The molecule has 2 aliphatic carbocycles. The molecule has 0 aromatic heterocycles. The number of nitrogens with one attached hydrogen (secondary N) is 1. The topological polar surface area (TPSA) is 196 Å². The molecule has 2 bridgehead atoms. The van der Waals surface area contributed by atoms with Crippen molar-refractivity contribution in [3.8, 4) is 17.2 Å². The van der Waals surface area contributed by atoms with Crippen LogP contribution in [0.15, 0.2) is 22.0 Å². The molecule has 3 heterocycles. The number of amides is 1. The van der Waals surface area contributed by atoms with E-state index in [4.69, 9.17) is 25.7 Å². The van der Waals surface area contributed by atoms with E-state index in [2.05, 4.69) is 21.7 Å². The molecule has 2 fully saturated rings. The standard InChI is InChI=1S/C42H58N6O8S/c1-8-48(40(51)54-33-16-13-26-21-30-28-14-15-32(50)38-42(28,17-20-47(30)7)34(26)36(33)55-38)19-10-12-31(49)29(43)11-9-18-45-39(44)46-57(52,53)37-24(3)23(2)35-27(25(37)4)22-41(5,6)56-35/h13,16,28-30,38H,8-12,14-15,17-22,43H2,1-7H3,(H3,44,45,46)/t28?,29-,30+,38-,42-/m0/s1. The number of nitrogens with two attached hydrogens (primary N) is 2. The van der Waals surface area contributed by atoms with Crippen molar-refractivity contribution in [1.29, 1.82) is 0 Å². The second-order valence-electron chi connectivity index (χ2n) is 17.3. The Kier molecular flexibility index (Phi) is 10.9. The average molecular weight is 807 g/mol. The summed E-state index contributed by atoms with van der Waals surface area (Å²) in [5.74, 6) is 1.68. The number of benzene rings is 2. The lowest BCUT2D eigenvalue weighted by atomic mass is 9.52. The number of aliphatic imine (C=N–C) groups is 1. The lowest BCUT2D eigenvalue weighted by molar-refractivity contribution is -0.138. The van der Waals surface area contributed by atoms with E-state index in [-0.39, 0.29) is 40.8 Å². The van der Waals surface area contributed by atoms with E-state index < -0.39 is 33.9 Å². The first-order valence-corrected chi connectivity index (χ1v) is 21.8. The third kappa shape index (κ3) is 7.17. The summed E-state index contributed by atoms with van der Waals surface area (Å²) < 4.78 is 47.9. The van der Waals surface area contributed by atoms with Gasteiger partial charge in [0.25, 0.3) is 10.0 Å². The smallest absolute Gasteiger partial charge is 0.415 e. The van der Waals surface area contributed by atoms with Crippen LogP contribution in [0.3, 0.4) is 0 Å². The summed E-state index contributed by atoms with van der Waals surface area (Å²) in [6, 6.07) is 3.44. The molecule has 7 rings (SSSR count). The van der Waals surface area contributed by atoms with Gasteiger partial charge in [0.05, 0.1) is 10.9 Å². The second-order valence-corrected chi connectivity index (χ2v) is 18.9. The number of likely N-dealkylation sites (tertiary alicyclic amines) is 1. The molecule has 1 unspecified atom stereocenters. The Balaban J connectivity index is 0.892. The molecular weight excluding hydrogens is 749 g/mol. The zero-order chi connectivity index (χ0) is 41.2. The number of carbonyl (C=O) groups is 3. The Morgan fingerprint density at radius 2 is 1.89 bits per heavy atom. The van der Waals surface area contributed by atoms with Gasteiger partial charge in [0.15, 0.2) is 23.4 Å².